The molecule has 0 aliphatic carbocycles. The van der Waals surface area contributed by atoms with Gasteiger partial charge in [-0.2, -0.15) is 0 Å². The zero-order chi connectivity index (χ0) is 10.7. The molecule has 0 unspecified atom stereocenters. The Kier molecular flexibility index (Phi) is 3.09. The van der Waals surface area contributed by atoms with Crippen LogP contribution in [0.5, 0.6) is 0 Å². The lowest BCUT2D eigenvalue weighted by Gasteiger charge is -2.04. The first kappa shape index (κ1) is 10.5. The van der Waals surface area contributed by atoms with Crippen LogP contribution in [0.2, 0.25) is 5.02 Å². The highest BCUT2D eigenvalue weighted by atomic mass is 35.5. The number of hydrogen-bond donors (Lipinski definition) is 2. The van der Waals surface area contributed by atoms with Gasteiger partial charge in [0.25, 0.3) is 0 Å². The summed E-state index contributed by atoms with van der Waals surface area (Å²) in [5.41, 5.74) is 5.57. The van der Waals surface area contributed by atoms with Crippen LogP contribution >= 0.6 is 11.6 Å². The lowest BCUT2D eigenvalue weighted by molar-refractivity contribution is -0.136. The number of primary amides is 1. The molecule has 0 aliphatic heterocycles. The highest BCUT2D eigenvalue weighted by Gasteiger charge is 2.12. The van der Waals surface area contributed by atoms with Crippen molar-refractivity contribution in [3.63, 3.8) is 0 Å². The van der Waals surface area contributed by atoms with Crippen molar-refractivity contribution >= 4 is 23.5 Å². The minimum atomic E-state index is -1.01. The quantitative estimate of drug-likeness (QED) is 0.788. The fourth-order valence-corrected chi connectivity index (χ4v) is 1.36. The molecule has 0 aromatic heterocycles. The molecule has 14 heavy (non-hydrogen) atoms. The molecule has 0 spiro atoms. The summed E-state index contributed by atoms with van der Waals surface area (Å²) in [5, 5.41) is 8.66. The van der Waals surface area contributed by atoms with Crippen LogP contribution < -0.4 is 5.73 Å². The van der Waals surface area contributed by atoms with Gasteiger partial charge in [-0.05, 0) is 11.6 Å². The Hall–Kier alpha value is -1.55. The van der Waals surface area contributed by atoms with E-state index in [2.05, 4.69) is 0 Å². The Morgan fingerprint density at radius 3 is 2.57 bits per heavy atom. The van der Waals surface area contributed by atoms with Crippen molar-refractivity contribution in [3.05, 3.63) is 34.3 Å². The van der Waals surface area contributed by atoms with Crippen LogP contribution in [0.1, 0.15) is 15.9 Å². The van der Waals surface area contributed by atoms with Crippen molar-refractivity contribution in [2.75, 3.05) is 0 Å². The van der Waals surface area contributed by atoms with Crippen LogP contribution in [0.15, 0.2) is 18.2 Å². The second kappa shape index (κ2) is 4.11. The van der Waals surface area contributed by atoms with E-state index < -0.39 is 11.9 Å². The molecule has 0 saturated heterocycles. The largest absolute Gasteiger partial charge is 0.481 e. The van der Waals surface area contributed by atoms with E-state index in [1.807, 2.05) is 0 Å². The van der Waals surface area contributed by atoms with Crippen LogP contribution in [0.4, 0.5) is 0 Å². The lowest BCUT2D eigenvalue weighted by Crippen LogP contribution is -2.13. The number of carboxylic acid groups (broad SMARTS) is 1. The monoisotopic (exact) mass is 213 g/mol. The number of rotatable bonds is 3. The number of carbonyl (C=O) groups excluding carboxylic acids is 1. The molecule has 1 aromatic rings. The molecule has 0 aliphatic rings. The third-order valence-corrected chi connectivity index (χ3v) is 2.13. The average molecular weight is 214 g/mol. The van der Waals surface area contributed by atoms with Gasteiger partial charge < -0.3 is 10.8 Å². The van der Waals surface area contributed by atoms with E-state index in [0.29, 0.717) is 5.56 Å². The SMILES string of the molecule is NC(=O)c1cccc(CC(=O)O)c1Cl. The molecule has 1 rings (SSSR count). The van der Waals surface area contributed by atoms with Crippen LogP contribution in [-0.2, 0) is 11.2 Å². The number of benzene rings is 1. The van der Waals surface area contributed by atoms with Crippen molar-refractivity contribution in [1.82, 2.24) is 0 Å². The van der Waals surface area contributed by atoms with Gasteiger partial charge in [-0.3, -0.25) is 9.59 Å². The first-order chi connectivity index (χ1) is 6.52. The number of aliphatic carboxylic acids is 1. The van der Waals surface area contributed by atoms with E-state index in [-0.39, 0.29) is 17.0 Å². The van der Waals surface area contributed by atoms with E-state index in [9.17, 15) is 9.59 Å². The summed E-state index contributed by atoms with van der Waals surface area (Å²) in [6.07, 6.45) is -0.222. The zero-order valence-electron chi connectivity index (χ0n) is 7.16. The normalized spacial score (nSPS) is 9.79. The molecule has 0 heterocycles. The van der Waals surface area contributed by atoms with Gasteiger partial charge in [-0.1, -0.05) is 23.7 Å². The summed E-state index contributed by atoms with van der Waals surface area (Å²) in [6.45, 7) is 0. The molecule has 0 atom stereocenters. The molecule has 5 heteroatoms. The Bertz CT molecular complexity index is 390. The fourth-order valence-electron chi connectivity index (χ4n) is 1.07. The standard InChI is InChI=1S/C9H8ClNO3/c10-8-5(4-7(12)13)2-1-3-6(8)9(11)14/h1-3H,4H2,(H2,11,14)(H,12,13). The van der Waals surface area contributed by atoms with Gasteiger partial charge in [0.1, 0.15) is 0 Å². The van der Waals surface area contributed by atoms with E-state index in [1.165, 1.54) is 6.07 Å². The lowest BCUT2D eigenvalue weighted by atomic mass is 10.1. The highest BCUT2D eigenvalue weighted by molar-refractivity contribution is 6.34. The summed E-state index contributed by atoms with van der Waals surface area (Å²) in [6, 6.07) is 4.54. The summed E-state index contributed by atoms with van der Waals surface area (Å²) in [7, 11) is 0. The molecular formula is C9H8ClNO3. The van der Waals surface area contributed by atoms with E-state index in [4.69, 9.17) is 22.4 Å². The molecule has 1 aromatic carbocycles. The first-order valence-corrected chi connectivity index (χ1v) is 4.19. The number of carbonyl (C=O) groups is 2. The fraction of sp³-hybridized carbons (Fsp3) is 0.111. The summed E-state index contributed by atoms with van der Waals surface area (Å²) >= 11 is 5.78. The van der Waals surface area contributed by atoms with Crippen molar-refractivity contribution in [2.24, 2.45) is 5.73 Å². The van der Waals surface area contributed by atoms with Crippen LogP contribution in [0, 0.1) is 0 Å². The molecular weight excluding hydrogens is 206 g/mol. The second-order valence-corrected chi connectivity index (χ2v) is 3.09. The predicted octanol–water partition coefficient (Wildman–Crippen LogP) is 1.07. The van der Waals surface area contributed by atoms with Gasteiger partial charge in [-0.15, -0.1) is 0 Å². The van der Waals surface area contributed by atoms with Gasteiger partial charge in [0, 0.05) is 0 Å². The molecule has 3 N–H and O–H groups in total. The summed E-state index contributed by atoms with van der Waals surface area (Å²) < 4.78 is 0. The van der Waals surface area contributed by atoms with Crippen LogP contribution in [-0.4, -0.2) is 17.0 Å². The minimum absolute atomic E-state index is 0.113. The predicted molar refractivity (Wildman–Crippen MR) is 51.3 cm³/mol. The second-order valence-electron chi connectivity index (χ2n) is 2.71. The Morgan fingerprint density at radius 2 is 2.07 bits per heavy atom. The molecule has 74 valence electrons. The Morgan fingerprint density at radius 1 is 1.43 bits per heavy atom. The maximum absolute atomic E-state index is 10.9. The topological polar surface area (TPSA) is 80.4 Å². The third kappa shape index (κ3) is 2.23. The molecule has 0 bridgehead atoms. The van der Waals surface area contributed by atoms with Gasteiger partial charge in [0.2, 0.25) is 5.91 Å². The van der Waals surface area contributed by atoms with E-state index in [1.54, 1.807) is 12.1 Å². The summed E-state index contributed by atoms with van der Waals surface area (Å²) in [5.74, 6) is -1.67. The average Bonchev–Trinajstić information content (AvgIpc) is 2.07. The number of amides is 1. The van der Waals surface area contributed by atoms with E-state index >= 15 is 0 Å². The molecule has 0 radical (unpaired) electrons. The van der Waals surface area contributed by atoms with Gasteiger partial charge in [-0.25, -0.2) is 0 Å². The number of carboxylic acids is 1. The van der Waals surface area contributed by atoms with Gasteiger partial charge in [0.05, 0.1) is 17.0 Å². The number of halogens is 1. The van der Waals surface area contributed by atoms with Crippen LogP contribution in [0.25, 0.3) is 0 Å². The zero-order valence-corrected chi connectivity index (χ0v) is 7.91. The summed E-state index contributed by atoms with van der Waals surface area (Å²) in [4.78, 5) is 21.3. The number of nitrogens with two attached hydrogens (primary N) is 1. The maximum atomic E-state index is 10.9. The van der Waals surface area contributed by atoms with Crippen molar-refractivity contribution in [3.8, 4) is 0 Å². The Labute approximate surface area is 85.3 Å². The molecule has 4 nitrogen and oxygen atoms in total. The van der Waals surface area contributed by atoms with Crippen molar-refractivity contribution in [2.45, 2.75) is 6.42 Å². The number of hydrogen-bond acceptors (Lipinski definition) is 2. The van der Waals surface area contributed by atoms with Gasteiger partial charge >= 0.3 is 5.97 Å². The smallest absolute Gasteiger partial charge is 0.307 e. The van der Waals surface area contributed by atoms with Gasteiger partial charge in [0.15, 0.2) is 0 Å². The molecule has 0 saturated carbocycles. The first-order valence-electron chi connectivity index (χ1n) is 3.81. The maximum Gasteiger partial charge on any atom is 0.307 e. The molecule has 0 fully saturated rings. The van der Waals surface area contributed by atoms with Crippen LogP contribution in [0.3, 0.4) is 0 Å². The van der Waals surface area contributed by atoms with Crippen molar-refractivity contribution < 1.29 is 14.7 Å². The third-order valence-electron chi connectivity index (χ3n) is 1.69. The Balaban J connectivity index is 3.13. The van der Waals surface area contributed by atoms with E-state index in [0.717, 1.165) is 0 Å². The van der Waals surface area contributed by atoms with Crippen molar-refractivity contribution in [1.29, 1.82) is 0 Å². The minimum Gasteiger partial charge on any atom is -0.481 e. The molecule has 1 amide bonds. The highest BCUT2D eigenvalue weighted by Crippen LogP contribution is 2.21.